The van der Waals surface area contributed by atoms with Gasteiger partial charge in [-0.1, -0.05) is 0 Å². The Morgan fingerprint density at radius 1 is 1.12 bits per heavy atom. The van der Waals surface area contributed by atoms with Crippen LogP contribution in [0.1, 0.15) is 44.1 Å². The third kappa shape index (κ3) is 6.79. The van der Waals surface area contributed by atoms with E-state index in [1.165, 1.54) is 6.42 Å². The minimum atomic E-state index is -4.46. The monoisotopic (exact) mass is 490 g/mol. The second kappa shape index (κ2) is 10.0. The number of hydrogen-bond donors (Lipinski definition) is 0. The van der Waals surface area contributed by atoms with E-state index in [0.29, 0.717) is 18.9 Å². The van der Waals surface area contributed by atoms with Gasteiger partial charge in [0.2, 0.25) is 16.0 Å². The summed E-state index contributed by atoms with van der Waals surface area (Å²) in [5.74, 6) is 2.04. The lowest BCUT2D eigenvalue weighted by Crippen LogP contribution is -2.35. The van der Waals surface area contributed by atoms with Crippen molar-refractivity contribution >= 4 is 16.0 Å². The van der Waals surface area contributed by atoms with Crippen LogP contribution < -0.4 is 4.90 Å². The maximum Gasteiger partial charge on any atom is 0.390 e. The molecule has 0 N–H and O–H groups in total. The highest BCUT2D eigenvalue weighted by atomic mass is 32.2. The molecule has 0 radical (unpaired) electrons. The summed E-state index contributed by atoms with van der Waals surface area (Å²) >= 11 is 0. The Morgan fingerprint density at radius 2 is 1.82 bits per heavy atom. The van der Waals surface area contributed by atoms with Gasteiger partial charge < -0.3 is 9.64 Å². The molecule has 1 saturated carbocycles. The number of piperidine rings is 1. The van der Waals surface area contributed by atoms with Crippen molar-refractivity contribution in [3.8, 4) is 0 Å². The number of sulfonamides is 1. The topological polar surface area (TPSA) is 75.6 Å². The molecule has 0 bridgehead atoms. The first-order valence-electron chi connectivity index (χ1n) is 11.8. The number of nitrogens with zero attached hydrogens (tertiary/aromatic N) is 4. The van der Waals surface area contributed by atoms with Crippen molar-refractivity contribution < 1.29 is 26.3 Å². The fraction of sp³-hybridized carbons (Fsp3) is 0.818. The zero-order chi connectivity index (χ0) is 23.6. The van der Waals surface area contributed by atoms with Crippen LogP contribution >= 0.6 is 0 Å². The Morgan fingerprint density at radius 3 is 2.48 bits per heavy atom. The predicted molar refractivity (Wildman–Crippen MR) is 118 cm³/mol. The highest BCUT2D eigenvalue weighted by molar-refractivity contribution is 7.89. The van der Waals surface area contributed by atoms with Crippen LogP contribution in [0.4, 0.5) is 19.1 Å². The molecule has 11 heteroatoms. The number of alkyl halides is 3. The molecule has 3 atom stereocenters. The van der Waals surface area contributed by atoms with Gasteiger partial charge in [0.15, 0.2) is 0 Å². The lowest BCUT2D eigenvalue weighted by Gasteiger charge is -2.32. The van der Waals surface area contributed by atoms with Gasteiger partial charge in [-0.3, -0.25) is 0 Å². The van der Waals surface area contributed by atoms with Crippen LogP contribution in [0, 0.1) is 24.7 Å². The number of aromatic nitrogens is 2. The molecule has 1 aromatic heterocycles. The lowest BCUT2D eigenvalue weighted by atomic mass is 9.90. The third-order valence-corrected chi connectivity index (χ3v) is 9.00. The molecule has 3 unspecified atom stereocenters. The van der Waals surface area contributed by atoms with Crippen LogP contribution in [0.2, 0.25) is 0 Å². The van der Waals surface area contributed by atoms with Crippen LogP contribution in [0.15, 0.2) is 12.4 Å². The molecule has 4 rings (SSSR count). The molecule has 33 heavy (non-hydrogen) atoms. The first-order chi connectivity index (χ1) is 15.6. The summed E-state index contributed by atoms with van der Waals surface area (Å²) in [6, 6.07) is 0. The summed E-state index contributed by atoms with van der Waals surface area (Å²) in [5.41, 5.74) is 1.06. The SMILES string of the molecule is Cc1cnc(N2CCC(C3CC3CCOC3CCN(S(=O)(=O)CCC(F)(F)F)C3)CC2)nc1. The van der Waals surface area contributed by atoms with Crippen molar-refractivity contribution in [2.45, 2.75) is 57.7 Å². The molecule has 0 amide bonds. The molecular weight excluding hydrogens is 457 g/mol. The molecule has 2 aliphatic heterocycles. The van der Waals surface area contributed by atoms with Crippen molar-refractivity contribution in [1.29, 1.82) is 0 Å². The van der Waals surface area contributed by atoms with Gasteiger partial charge >= 0.3 is 6.18 Å². The summed E-state index contributed by atoms with van der Waals surface area (Å²) < 4.78 is 68.4. The largest absolute Gasteiger partial charge is 0.390 e. The van der Waals surface area contributed by atoms with E-state index >= 15 is 0 Å². The number of hydrogen-bond acceptors (Lipinski definition) is 6. The molecule has 0 spiro atoms. The van der Waals surface area contributed by atoms with Crippen molar-refractivity contribution in [3.63, 3.8) is 0 Å². The number of anilines is 1. The standard InChI is InChI=1S/C22H33F3N4O3S/c1-16-13-26-21(27-14-16)28-7-2-17(3-8-28)20-12-18(20)5-10-32-19-4-9-29(15-19)33(30,31)11-6-22(23,24)25/h13-14,17-20H,2-12,15H2,1H3. The van der Waals surface area contributed by atoms with Crippen molar-refractivity contribution in [2.24, 2.45) is 17.8 Å². The number of ether oxygens (including phenoxy) is 1. The molecule has 2 saturated heterocycles. The van der Waals surface area contributed by atoms with E-state index in [0.717, 1.165) is 60.0 Å². The normalized spacial score (nSPS) is 27.3. The molecule has 3 aliphatic rings. The van der Waals surface area contributed by atoms with Gasteiger partial charge in [-0.25, -0.2) is 18.4 Å². The molecular formula is C22H33F3N4O3S. The Balaban J connectivity index is 1.12. The Bertz CT molecular complexity index is 889. The summed E-state index contributed by atoms with van der Waals surface area (Å²) in [7, 11) is -3.88. The molecule has 0 aromatic carbocycles. The first kappa shape index (κ1) is 24.7. The van der Waals surface area contributed by atoms with E-state index in [1.54, 1.807) is 0 Å². The maximum absolute atomic E-state index is 12.4. The Labute approximate surface area is 193 Å². The fourth-order valence-electron chi connectivity index (χ4n) is 5.10. The molecule has 1 aliphatic carbocycles. The zero-order valence-electron chi connectivity index (χ0n) is 19.0. The summed E-state index contributed by atoms with van der Waals surface area (Å²) in [6.07, 6.45) is 2.73. The van der Waals surface area contributed by atoms with Gasteiger partial charge in [0.05, 0.1) is 18.3 Å². The second-order valence-corrected chi connectivity index (χ2v) is 11.7. The fourth-order valence-corrected chi connectivity index (χ4v) is 6.63. The van der Waals surface area contributed by atoms with Crippen molar-refractivity contribution in [2.75, 3.05) is 43.4 Å². The molecule has 7 nitrogen and oxygen atoms in total. The predicted octanol–water partition coefficient (Wildman–Crippen LogP) is 3.40. The second-order valence-electron chi connectivity index (χ2n) is 9.65. The van der Waals surface area contributed by atoms with Gasteiger partial charge in [0.25, 0.3) is 0 Å². The minimum absolute atomic E-state index is 0.161. The van der Waals surface area contributed by atoms with Crippen LogP contribution in [-0.4, -0.2) is 73.5 Å². The molecule has 3 fully saturated rings. The van der Waals surface area contributed by atoms with Crippen LogP contribution in [0.3, 0.4) is 0 Å². The highest BCUT2D eigenvalue weighted by Gasteiger charge is 2.43. The van der Waals surface area contributed by atoms with Gasteiger partial charge in [-0.15, -0.1) is 0 Å². The van der Waals surface area contributed by atoms with E-state index in [1.807, 2.05) is 19.3 Å². The summed E-state index contributed by atoms with van der Waals surface area (Å²) in [6.45, 7) is 4.92. The number of halogens is 3. The lowest BCUT2D eigenvalue weighted by molar-refractivity contribution is -0.130. The van der Waals surface area contributed by atoms with E-state index in [-0.39, 0.29) is 19.2 Å². The van der Waals surface area contributed by atoms with Crippen LogP contribution in [-0.2, 0) is 14.8 Å². The smallest absolute Gasteiger partial charge is 0.377 e. The number of aryl methyl sites for hydroxylation is 1. The quantitative estimate of drug-likeness (QED) is 0.528. The molecule has 1 aromatic rings. The van der Waals surface area contributed by atoms with Crippen molar-refractivity contribution in [3.05, 3.63) is 18.0 Å². The van der Waals surface area contributed by atoms with E-state index < -0.39 is 28.4 Å². The Hall–Kier alpha value is -1.46. The van der Waals surface area contributed by atoms with E-state index in [2.05, 4.69) is 14.9 Å². The highest BCUT2D eigenvalue weighted by Crippen LogP contribution is 2.50. The zero-order valence-corrected chi connectivity index (χ0v) is 19.8. The maximum atomic E-state index is 12.4. The summed E-state index contributed by atoms with van der Waals surface area (Å²) in [4.78, 5) is 11.1. The summed E-state index contributed by atoms with van der Waals surface area (Å²) in [5, 5.41) is 0. The van der Waals surface area contributed by atoms with Gasteiger partial charge in [0, 0.05) is 45.2 Å². The third-order valence-electron chi connectivity index (χ3n) is 7.16. The first-order valence-corrected chi connectivity index (χ1v) is 13.4. The van der Waals surface area contributed by atoms with Gasteiger partial charge in [0.1, 0.15) is 0 Å². The van der Waals surface area contributed by atoms with E-state index in [4.69, 9.17) is 4.74 Å². The Kier molecular flexibility index (Phi) is 7.50. The average molecular weight is 491 g/mol. The number of rotatable bonds is 9. The minimum Gasteiger partial charge on any atom is -0.377 e. The van der Waals surface area contributed by atoms with Gasteiger partial charge in [-0.2, -0.15) is 17.5 Å². The molecule has 3 heterocycles. The van der Waals surface area contributed by atoms with Crippen molar-refractivity contribution in [1.82, 2.24) is 14.3 Å². The van der Waals surface area contributed by atoms with Crippen LogP contribution in [0.5, 0.6) is 0 Å². The van der Waals surface area contributed by atoms with Gasteiger partial charge in [-0.05, 0) is 62.3 Å². The average Bonchev–Trinajstić information content (AvgIpc) is 3.37. The molecule has 186 valence electrons. The van der Waals surface area contributed by atoms with E-state index in [9.17, 15) is 21.6 Å². The van der Waals surface area contributed by atoms with Crippen LogP contribution in [0.25, 0.3) is 0 Å².